The highest BCUT2D eigenvalue weighted by Crippen LogP contribution is 2.61. The van der Waals surface area contributed by atoms with Gasteiger partial charge >= 0.3 is 0 Å². The lowest BCUT2D eigenvalue weighted by molar-refractivity contribution is 0.0506. The maximum atomic E-state index is 6.43. The maximum Gasteiger partial charge on any atom is 0.188 e. The second-order valence-corrected chi connectivity index (χ2v) is 12.5. The molecule has 0 spiro atoms. The Hall–Kier alpha value is -2.93. The number of methoxy groups -OCH3 is 1. The van der Waals surface area contributed by atoms with Gasteiger partial charge in [-0.1, -0.05) is 106 Å². The Bertz CT molecular complexity index is 1290. The summed E-state index contributed by atoms with van der Waals surface area (Å²) >= 11 is 0. The second-order valence-electron chi connectivity index (χ2n) is 10.2. The van der Waals surface area contributed by atoms with Gasteiger partial charge in [0.05, 0.1) is 0 Å². The molecule has 0 radical (unpaired) electrons. The van der Waals surface area contributed by atoms with Gasteiger partial charge in [-0.15, -0.1) is 0 Å². The third-order valence-corrected chi connectivity index (χ3v) is 9.47. The first-order chi connectivity index (χ1) is 16.9. The molecule has 2 nitrogen and oxygen atoms in total. The Kier molecular flexibility index (Phi) is 6.53. The molecule has 0 aromatic heterocycles. The normalized spacial score (nSPS) is 13.9. The smallest absolute Gasteiger partial charge is 0.188 e. The molecule has 0 amide bonds. The van der Waals surface area contributed by atoms with Gasteiger partial charge in [0.25, 0.3) is 0 Å². The number of ether oxygens (including phenoxy) is 2. The summed E-state index contributed by atoms with van der Waals surface area (Å²) in [5, 5.41) is 2.64. The van der Waals surface area contributed by atoms with E-state index in [1.54, 1.807) is 7.11 Å². The fourth-order valence-electron chi connectivity index (χ4n) is 5.18. The number of aryl methyl sites for hydroxylation is 1. The van der Waals surface area contributed by atoms with E-state index in [-0.39, 0.29) is 17.9 Å². The molecule has 1 atom stereocenters. The molecule has 0 N–H and O–H groups in total. The first kappa shape index (κ1) is 23.8. The van der Waals surface area contributed by atoms with Crippen molar-refractivity contribution in [2.75, 3.05) is 13.9 Å². The SMILES string of the molecule is COCOc1c(P(c2ccccc2)C2c3ccccc3-c3ccccc32)cc(C)cc1C(C)(C)C. The number of benzene rings is 4. The molecule has 1 unspecified atom stereocenters. The van der Waals surface area contributed by atoms with E-state index in [0.29, 0.717) is 0 Å². The zero-order valence-electron chi connectivity index (χ0n) is 21.2. The molecular weight excluding hydrogens is 447 g/mol. The van der Waals surface area contributed by atoms with Gasteiger partial charge in [0, 0.05) is 23.6 Å². The van der Waals surface area contributed by atoms with Crippen LogP contribution in [0.2, 0.25) is 0 Å². The summed E-state index contributed by atoms with van der Waals surface area (Å²) < 4.78 is 11.8. The molecule has 0 fully saturated rings. The van der Waals surface area contributed by atoms with Crippen molar-refractivity contribution in [3.63, 3.8) is 0 Å². The molecule has 5 rings (SSSR count). The Balaban J connectivity index is 1.83. The molecule has 4 aromatic rings. The molecule has 0 aliphatic heterocycles. The molecule has 0 saturated carbocycles. The molecule has 1 aliphatic carbocycles. The molecule has 0 saturated heterocycles. The third kappa shape index (κ3) is 4.42. The van der Waals surface area contributed by atoms with Crippen molar-refractivity contribution in [1.82, 2.24) is 0 Å². The minimum Gasteiger partial charge on any atom is -0.467 e. The Labute approximate surface area is 210 Å². The van der Waals surface area contributed by atoms with Gasteiger partial charge in [-0.25, -0.2) is 0 Å². The van der Waals surface area contributed by atoms with Gasteiger partial charge < -0.3 is 9.47 Å². The van der Waals surface area contributed by atoms with E-state index < -0.39 is 7.92 Å². The van der Waals surface area contributed by atoms with E-state index >= 15 is 0 Å². The Morgan fingerprint density at radius 2 is 1.34 bits per heavy atom. The summed E-state index contributed by atoms with van der Waals surface area (Å²) in [5.74, 6) is 0.974. The van der Waals surface area contributed by atoms with Gasteiger partial charge in [-0.05, 0) is 59.4 Å². The van der Waals surface area contributed by atoms with Crippen LogP contribution in [-0.4, -0.2) is 13.9 Å². The van der Waals surface area contributed by atoms with Crippen LogP contribution in [0.5, 0.6) is 5.75 Å². The van der Waals surface area contributed by atoms with Crippen molar-refractivity contribution >= 4 is 18.5 Å². The number of rotatable bonds is 6. The first-order valence-corrected chi connectivity index (χ1v) is 13.6. The molecular formula is C32H33O2P. The van der Waals surface area contributed by atoms with Crippen LogP contribution < -0.4 is 15.3 Å². The molecule has 3 heteroatoms. The quantitative estimate of drug-likeness (QED) is 0.210. The molecule has 35 heavy (non-hydrogen) atoms. The van der Waals surface area contributed by atoms with E-state index in [1.807, 2.05) is 0 Å². The highest BCUT2D eigenvalue weighted by molar-refractivity contribution is 7.73. The molecule has 1 aliphatic rings. The largest absolute Gasteiger partial charge is 0.467 e. The maximum absolute atomic E-state index is 6.43. The standard InChI is InChI=1S/C32H33O2P/c1-22-19-28(32(2,3)4)30(34-21-33-5)29(20-22)35(23-13-7-6-8-14-23)31-26-17-11-9-15-24(26)25-16-10-12-18-27(25)31/h6-20,31H,21H2,1-5H3. The summed E-state index contributed by atoms with van der Waals surface area (Å²) in [6, 6.07) is 33.5. The molecule has 0 heterocycles. The van der Waals surface area contributed by atoms with Crippen molar-refractivity contribution in [2.45, 2.75) is 38.8 Å². The predicted molar refractivity (Wildman–Crippen MR) is 149 cm³/mol. The summed E-state index contributed by atoms with van der Waals surface area (Å²) in [5.41, 5.74) is 8.18. The summed E-state index contributed by atoms with van der Waals surface area (Å²) in [4.78, 5) is 0. The zero-order chi connectivity index (χ0) is 24.6. The van der Waals surface area contributed by atoms with E-state index in [9.17, 15) is 0 Å². The summed E-state index contributed by atoms with van der Waals surface area (Å²) in [6.07, 6.45) is 0. The lowest BCUT2D eigenvalue weighted by Gasteiger charge is -2.32. The minimum absolute atomic E-state index is 0.0625. The van der Waals surface area contributed by atoms with Crippen molar-refractivity contribution in [1.29, 1.82) is 0 Å². The average Bonchev–Trinajstić information content (AvgIpc) is 3.18. The van der Waals surface area contributed by atoms with Crippen LogP contribution in [0.1, 0.15) is 48.7 Å². The first-order valence-electron chi connectivity index (χ1n) is 12.2. The predicted octanol–water partition coefficient (Wildman–Crippen LogP) is 7.48. The lowest BCUT2D eigenvalue weighted by Crippen LogP contribution is -2.24. The van der Waals surface area contributed by atoms with E-state index in [4.69, 9.17) is 9.47 Å². The Morgan fingerprint density at radius 1 is 0.771 bits per heavy atom. The van der Waals surface area contributed by atoms with E-state index in [1.165, 1.54) is 44.0 Å². The van der Waals surface area contributed by atoms with Crippen molar-refractivity contribution in [2.24, 2.45) is 0 Å². The van der Waals surface area contributed by atoms with Gasteiger partial charge in [-0.3, -0.25) is 0 Å². The van der Waals surface area contributed by atoms with Crippen LogP contribution in [0.4, 0.5) is 0 Å². The van der Waals surface area contributed by atoms with Gasteiger partial charge in [0.2, 0.25) is 0 Å². The van der Waals surface area contributed by atoms with Crippen LogP contribution in [0.15, 0.2) is 91.0 Å². The summed E-state index contributed by atoms with van der Waals surface area (Å²) in [7, 11) is 0.866. The van der Waals surface area contributed by atoms with Crippen LogP contribution in [-0.2, 0) is 10.2 Å². The fraction of sp³-hybridized carbons (Fsp3) is 0.250. The monoisotopic (exact) mass is 480 g/mol. The topological polar surface area (TPSA) is 18.5 Å². The molecule has 4 aromatic carbocycles. The number of hydrogen-bond acceptors (Lipinski definition) is 2. The molecule has 178 valence electrons. The van der Waals surface area contributed by atoms with Crippen LogP contribution in [0.3, 0.4) is 0 Å². The second kappa shape index (κ2) is 9.61. The van der Waals surface area contributed by atoms with Crippen molar-refractivity contribution < 1.29 is 9.47 Å². The third-order valence-electron chi connectivity index (χ3n) is 6.70. The van der Waals surface area contributed by atoms with Crippen molar-refractivity contribution in [3.8, 4) is 16.9 Å². The highest BCUT2D eigenvalue weighted by atomic mass is 31.1. The Morgan fingerprint density at radius 3 is 1.91 bits per heavy atom. The lowest BCUT2D eigenvalue weighted by atomic mass is 9.85. The average molecular weight is 481 g/mol. The number of hydrogen-bond donors (Lipinski definition) is 0. The number of fused-ring (bicyclic) bond motifs is 3. The fourth-order valence-corrected chi connectivity index (χ4v) is 8.28. The highest BCUT2D eigenvalue weighted by Gasteiger charge is 2.38. The van der Waals surface area contributed by atoms with Crippen molar-refractivity contribution in [3.05, 3.63) is 113 Å². The van der Waals surface area contributed by atoms with E-state index in [0.717, 1.165) is 5.75 Å². The van der Waals surface area contributed by atoms with E-state index in [2.05, 4.69) is 119 Å². The van der Waals surface area contributed by atoms with Gasteiger partial charge in [0.1, 0.15) is 5.75 Å². The van der Waals surface area contributed by atoms with Crippen LogP contribution >= 0.6 is 7.92 Å². The minimum atomic E-state index is -0.823. The summed E-state index contributed by atoms with van der Waals surface area (Å²) in [6.45, 7) is 9.21. The molecule has 0 bridgehead atoms. The van der Waals surface area contributed by atoms with Crippen LogP contribution in [0, 0.1) is 6.92 Å². The van der Waals surface area contributed by atoms with Crippen LogP contribution in [0.25, 0.3) is 11.1 Å². The van der Waals surface area contributed by atoms with Gasteiger partial charge in [-0.2, -0.15) is 0 Å². The zero-order valence-corrected chi connectivity index (χ0v) is 22.1. The van der Waals surface area contributed by atoms with Gasteiger partial charge in [0.15, 0.2) is 6.79 Å².